The summed E-state index contributed by atoms with van der Waals surface area (Å²) in [6.07, 6.45) is -1.32. The number of methoxy groups -OCH3 is 2. The van der Waals surface area contributed by atoms with Gasteiger partial charge in [0, 0.05) is 14.2 Å². The SMILES string of the molecule is C=C(C)O[C@@H]1[C@H](OC)[C@H](OC)CO[C@]1(O)CI. The second-order valence-electron chi connectivity index (χ2n) is 4.00. The molecule has 1 heterocycles. The molecular weight excluding hydrogens is 339 g/mol. The first kappa shape index (κ1) is 15.2. The molecule has 1 aliphatic rings. The molecule has 0 unspecified atom stereocenters. The first-order valence-electron chi connectivity index (χ1n) is 5.28. The predicted molar refractivity (Wildman–Crippen MR) is 71.1 cm³/mol. The quantitative estimate of drug-likeness (QED) is 0.453. The smallest absolute Gasteiger partial charge is 0.215 e. The normalized spacial score (nSPS) is 37.8. The van der Waals surface area contributed by atoms with E-state index in [-0.39, 0.29) is 12.7 Å². The zero-order chi connectivity index (χ0) is 13.1. The Morgan fingerprint density at radius 3 is 2.59 bits per heavy atom. The maximum absolute atomic E-state index is 10.4. The molecule has 0 aromatic carbocycles. The summed E-state index contributed by atoms with van der Waals surface area (Å²) in [6.45, 7) is 5.67. The zero-order valence-electron chi connectivity index (χ0n) is 10.3. The Hall–Kier alpha value is 0.110. The van der Waals surface area contributed by atoms with Crippen molar-refractivity contribution in [1.82, 2.24) is 0 Å². The number of alkyl halides is 1. The summed E-state index contributed by atoms with van der Waals surface area (Å²) in [5, 5.41) is 10.4. The molecule has 1 fully saturated rings. The molecule has 1 saturated heterocycles. The van der Waals surface area contributed by atoms with Gasteiger partial charge < -0.3 is 24.1 Å². The van der Waals surface area contributed by atoms with E-state index in [1.165, 1.54) is 0 Å². The molecule has 4 atom stereocenters. The van der Waals surface area contributed by atoms with E-state index in [0.29, 0.717) is 10.2 Å². The highest BCUT2D eigenvalue weighted by atomic mass is 127. The third-order valence-electron chi connectivity index (χ3n) is 2.70. The highest BCUT2D eigenvalue weighted by Gasteiger charge is 2.51. The summed E-state index contributed by atoms with van der Waals surface area (Å²) in [5.41, 5.74) is 0. The average Bonchev–Trinajstić information content (AvgIpc) is 2.31. The highest BCUT2D eigenvalue weighted by Crippen LogP contribution is 2.32. The van der Waals surface area contributed by atoms with Gasteiger partial charge in [-0.3, -0.25) is 0 Å². The third-order valence-corrected chi connectivity index (χ3v) is 3.79. The number of hydrogen-bond donors (Lipinski definition) is 1. The second-order valence-corrected chi connectivity index (χ2v) is 4.77. The number of halogens is 1. The van der Waals surface area contributed by atoms with Crippen LogP contribution in [0.2, 0.25) is 0 Å². The number of aliphatic hydroxyl groups is 1. The summed E-state index contributed by atoms with van der Waals surface area (Å²) >= 11 is 2.05. The van der Waals surface area contributed by atoms with E-state index in [2.05, 4.69) is 6.58 Å². The van der Waals surface area contributed by atoms with Crippen molar-refractivity contribution < 1.29 is 24.1 Å². The summed E-state index contributed by atoms with van der Waals surface area (Å²) in [7, 11) is 3.14. The molecular formula is C11H19IO5. The lowest BCUT2D eigenvalue weighted by Gasteiger charge is -2.45. The molecule has 5 nitrogen and oxygen atoms in total. The van der Waals surface area contributed by atoms with Gasteiger partial charge in [0.15, 0.2) is 6.10 Å². The van der Waals surface area contributed by atoms with Crippen molar-refractivity contribution in [3.8, 4) is 0 Å². The third kappa shape index (κ3) is 3.31. The fraction of sp³-hybridized carbons (Fsp3) is 0.818. The van der Waals surface area contributed by atoms with Gasteiger partial charge in [-0.25, -0.2) is 0 Å². The van der Waals surface area contributed by atoms with Crippen LogP contribution in [-0.4, -0.2) is 54.5 Å². The number of ether oxygens (including phenoxy) is 4. The maximum atomic E-state index is 10.4. The molecule has 0 spiro atoms. The van der Waals surface area contributed by atoms with E-state index < -0.39 is 18.0 Å². The Labute approximate surface area is 115 Å². The van der Waals surface area contributed by atoms with Crippen molar-refractivity contribution in [2.75, 3.05) is 25.3 Å². The maximum Gasteiger partial charge on any atom is 0.215 e. The first-order valence-corrected chi connectivity index (χ1v) is 6.81. The molecule has 0 amide bonds. The minimum absolute atomic E-state index is 0.268. The van der Waals surface area contributed by atoms with Crippen LogP contribution in [0.3, 0.4) is 0 Å². The van der Waals surface area contributed by atoms with Crippen molar-refractivity contribution in [3.63, 3.8) is 0 Å². The molecule has 0 radical (unpaired) electrons. The lowest BCUT2D eigenvalue weighted by atomic mass is 9.97. The minimum Gasteiger partial charge on any atom is -0.487 e. The van der Waals surface area contributed by atoms with E-state index in [1.807, 2.05) is 22.6 Å². The van der Waals surface area contributed by atoms with E-state index in [0.717, 1.165) is 0 Å². The van der Waals surface area contributed by atoms with Crippen LogP contribution in [-0.2, 0) is 18.9 Å². The number of allylic oxidation sites excluding steroid dienone is 1. The van der Waals surface area contributed by atoms with Gasteiger partial charge in [0.1, 0.15) is 12.2 Å². The Morgan fingerprint density at radius 2 is 2.18 bits per heavy atom. The van der Waals surface area contributed by atoms with Gasteiger partial charge in [-0.1, -0.05) is 29.2 Å². The van der Waals surface area contributed by atoms with E-state index in [1.54, 1.807) is 21.1 Å². The molecule has 1 rings (SSSR count). The van der Waals surface area contributed by atoms with Gasteiger partial charge in [0.2, 0.25) is 5.79 Å². The van der Waals surface area contributed by atoms with Crippen molar-refractivity contribution in [2.24, 2.45) is 0 Å². The average molecular weight is 358 g/mol. The van der Waals surface area contributed by atoms with E-state index in [4.69, 9.17) is 18.9 Å². The van der Waals surface area contributed by atoms with Gasteiger partial charge in [-0.05, 0) is 6.92 Å². The Kier molecular flexibility index (Phi) is 5.65. The summed E-state index contributed by atoms with van der Waals surface area (Å²) in [6, 6.07) is 0. The molecule has 17 heavy (non-hydrogen) atoms. The predicted octanol–water partition coefficient (Wildman–Crippen LogP) is 1.09. The lowest BCUT2D eigenvalue weighted by Crippen LogP contribution is -2.63. The monoisotopic (exact) mass is 358 g/mol. The first-order chi connectivity index (χ1) is 7.98. The Balaban J connectivity index is 2.94. The van der Waals surface area contributed by atoms with Crippen molar-refractivity contribution in [1.29, 1.82) is 0 Å². The van der Waals surface area contributed by atoms with Crippen LogP contribution in [0.5, 0.6) is 0 Å². The Bertz CT molecular complexity index is 273. The van der Waals surface area contributed by atoms with Crippen LogP contribution in [0, 0.1) is 0 Å². The summed E-state index contributed by atoms with van der Waals surface area (Å²) in [5.74, 6) is -0.879. The van der Waals surface area contributed by atoms with Crippen LogP contribution in [0.25, 0.3) is 0 Å². The number of hydrogen-bond acceptors (Lipinski definition) is 5. The van der Waals surface area contributed by atoms with Gasteiger partial charge >= 0.3 is 0 Å². The van der Waals surface area contributed by atoms with Gasteiger partial charge in [0.05, 0.1) is 16.8 Å². The lowest BCUT2D eigenvalue weighted by molar-refractivity contribution is -0.317. The minimum atomic E-state index is -1.38. The molecule has 0 aliphatic carbocycles. The summed E-state index contributed by atoms with van der Waals surface area (Å²) in [4.78, 5) is 0. The van der Waals surface area contributed by atoms with E-state index in [9.17, 15) is 5.11 Å². The second kappa shape index (κ2) is 6.33. The van der Waals surface area contributed by atoms with Gasteiger partial charge in [-0.2, -0.15) is 0 Å². The molecule has 100 valence electrons. The van der Waals surface area contributed by atoms with Crippen molar-refractivity contribution >= 4 is 22.6 Å². The van der Waals surface area contributed by atoms with Gasteiger partial charge in [-0.15, -0.1) is 0 Å². The van der Waals surface area contributed by atoms with Crippen molar-refractivity contribution in [2.45, 2.75) is 31.0 Å². The molecule has 6 heteroatoms. The van der Waals surface area contributed by atoms with Crippen molar-refractivity contribution in [3.05, 3.63) is 12.3 Å². The highest BCUT2D eigenvalue weighted by molar-refractivity contribution is 14.1. The molecule has 0 saturated carbocycles. The molecule has 0 aromatic heterocycles. The molecule has 1 aliphatic heterocycles. The van der Waals surface area contributed by atoms with Gasteiger partial charge in [0.25, 0.3) is 0 Å². The molecule has 0 aromatic rings. The standard InChI is InChI=1S/C11H19IO5/c1-7(2)17-10-9(15-4)8(14-3)5-16-11(10,13)6-12/h8-10,13H,1,5-6H2,2-4H3/t8-,9-,10-,11-/m1/s1. The fourth-order valence-corrected chi connectivity index (χ4v) is 2.48. The largest absolute Gasteiger partial charge is 0.487 e. The fourth-order valence-electron chi connectivity index (χ4n) is 1.82. The topological polar surface area (TPSA) is 57.2 Å². The van der Waals surface area contributed by atoms with Crippen LogP contribution in [0.4, 0.5) is 0 Å². The Morgan fingerprint density at radius 1 is 1.53 bits per heavy atom. The van der Waals surface area contributed by atoms with E-state index >= 15 is 0 Å². The zero-order valence-corrected chi connectivity index (χ0v) is 12.5. The molecule has 1 N–H and O–H groups in total. The van der Waals surface area contributed by atoms with Crippen LogP contribution >= 0.6 is 22.6 Å². The molecule has 0 bridgehead atoms. The van der Waals surface area contributed by atoms with Crippen LogP contribution in [0.1, 0.15) is 6.92 Å². The summed E-state index contributed by atoms with van der Waals surface area (Å²) < 4.78 is 22.0. The van der Waals surface area contributed by atoms with Crippen LogP contribution in [0.15, 0.2) is 12.3 Å². The number of rotatable bonds is 5. The van der Waals surface area contributed by atoms with Crippen LogP contribution < -0.4 is 0 Å².